The highest BCUT2D eigenvalue weighted by Crippen LogP contribution is 2.26. The number of benzene rings is 1. The SMILES string of the molecule is CCC(CC)c1ncc2c(=O)[nH]c3cc(C(=O)N4CCN(CCN=O)CC4)c(C)cc3n12. The molecule has 0 saturated carbocycles. The summed E-state index contributed by atoms with van der Waals surface area (Å²) in [6.07, 6.45) is 3.52. The van der Waals surface area contributed by atoms with Crippen molar-refractivity contribution in [3.05, 3.63) is 50.5 Å². The lowest BCUT2D eigenvalue weighted by Gasteiger charge is -2.34. The van der Waals surface area contributed by atoms with E-state index in [9.17, 15) is 14.5 Å². The summed E-state index contributed by atoms with van der Waals surface area (Å²) >= 11 is 0. The molecule has 1 amide bonds. The minimum atomic E-state index is -0.207. The first kappa shape index (κ1) is 22.1. The molecule has 0 spiro atoms. The van der Waals surface area contributed by atoms with E-state index < -0.39 is 0 Å². The lowest BCUT2D eigenvalue weighted by Crippen LogP contribution is -2.49. The van der Waals surface area contributed by atoms with E-state index in [4.69, 9.17) is 0 Å². The number of aryl methyl sites for hydroxylation is 1. The zero-order valence-electron chi connectivity index (χ0n) is 18.9. The maximum absolute atomic E-state index is 13.3. The van der Waals surface area contributed by atoms with E-state index in [1.807, 2.05) is 22.3 Å². The Morgan fingerprint density at radius 1 is 1.16 bits per heavy atom. The summed E-state index contributed by atoms with van der Waals surface area (Å²) in [6.45, 7) is 9.73. The van der Waals surface area contributed by atoms with Crippen molar-refractivity contribution in [3.8, 4) is 0 Å². The van der Waals surface area contributed by atoms with E-state index in [-0.39, 0.29) is 23.9 Å². The fraction of sp³-hybridized carbons (Fsp3) is 0.522. The number of hydrogen-bond acceptors (Lipinski definition) is 6. The number of aromatic amines is 1. The fourth-order valence-electron chi connectivity index (χ4n) is 4.64. The number of H-pyrrole nitrogens is 1. The second-order valence-corrected chi connectivity index (χ2v) is 8.48. The molecule has 2 aromatic heterocycles. The van der Waals surface area contributed by atoms with Crippen LogP contribution in [0.2, 0.25) is 0 Å². The van der Waals surface area contributed by atoms with Crippen LogP contribution in [0.5, 0.6) is 0 Å². The smallest absolute Gasteiger partial charge is 0.274 e. The number of rotatable bonds is 7. The molecule has 0 radical (unpaired) electrons. The van der Waals surface area contributed by atoms with Crippen molar-refractivity contribution in [2.75, 3.05) is 39.3 Å². The van der Waals surface area contributed by atoms with Gasteiger partial charge in [0.2, 0.25) is 0 Å². The van der Waals surface area contributed by atoms with Gasteiger partial charge in [-0.1, -0.05) is 19.0 Å². The summed E-state index contributed by atoms with van der Waals surface area (Å²) in [6, 6.07) is 3.78. The Labute approximate surface area is 186 Å². The second kappa shape index (κ2) is 9.20. The number of hydrogen-bond donors (Lipinski definition) is 1. The van der Waals surface area contributed by atoms with Crippen LogP contribution < -0.4 is 5.56 Å². The summed E-state index contributed by atoms with van der Waals surface area (Å²) in [5.74, 6) is 1.11. The van der Waals surface area contributed by atoms with Gasteiger partial charge in [0, 0.05) is 44.2 Å². The van der Waals surface area contributed by atoms with Gasteiger partial charge in [-0.3, -0.25) is 18.9 Å². The maximum atomic E-state index is 13.3. The average molecular weight is 439 g/mol. The van der Waals surface area contributed by atoms with Crippen molar-refractivity contribution in [1.82, 2.24) is 24.2 Å². The standard InChI is InChI=1S/C23H30N6O3/c1-4-16(5-2)21-24-14-20-22(30)26-18-13-17(15(3)12-19(18)29(20)21)23(31)28-10-8-27(9-11-28)7-6-25-32/h12-14,16H,4-11H2,1-3H3,(H,26,30). The number of nitrogens with zero attached hydrogens (tertiary/aromatic N) is 5. The van der Waals surface area contributed by atoms with Crippen molar-refractivity contribution in [3.63, 3.8) is 0 Å². The van der Waals surface area contributed by atoms with Gasteiger partial charge in [0.15, 0.2) is 0 Å². The van der Waals surface area contributed by atoms with Crippen LogP contribution in [-0.2, 0) is 0 Å². The topological polar surface area (TPSA) is 103 Å². The number of carbonyl (C=O) groups is 1. The van der Waals surface area contributed by atoms with E-state index in [1.165, 1.54) is 0 Å². The Kier molecular flexibility index (Phi) is 6.36. The summed E-state index contributed by atoms with van der Waals surface area (Å²) in [7, 11) is 0. The van der Waals surface area contributed by atoms with Crippen molar-refractivity contribution >= 4 is 22.5 Å². The predicted molar refractivity (Wildman–Crippen MR) is 124 cm³/mol. The van der Waals surface area contributed by atoms with Gasteiger partial charge in [0.25, 0.3) is 11.5 Å². The van der Waals surface area contributed by atoms with Crippen molar-refractivity contribution < 1.29 is 4.79 Å². The van der Waals surface area contributed by atoms with Gasteiger partial charge in [-0.15, -0.1) is 0 Å². The molecule has 0 atom stereocenters. The Morgan fingerprint density at radius 3 is 2.53 bits per heavy atom. The predicted octanol–water partition coefficient (Wildman–Crippen LogP) is 2.91. The van der Waals surface area contributed by atoms with Crippen molar-refractivity contribution in [1.29, 1.82) is 0 Å². The fourth-order valence-corrected chi connectivity index (χ4v) is 4.64. The molecular weight excluding hydrogens is 408 g/mol. The molecule has 1 fully saturated rings. The molecule has 1 N–H and O–H groups in total. The van der Waals surface area contributed by atoms with Crippen LogP contribution in [0.25, 0.3) is 16.6 Å². The highest BCUT2D eigenvalue weighted by molar-refractivity contribution is 5.99. The first-order valence-electron chi connectivity index (χ1n) is 11.3. The van der Waals surface area contributed by atoms with Crippen LogP contribution in [0.1, 0.15) is 54.4 Å². The first-order chi connectivity index (χ1) is 15.5. The number of amides is 1. The summed E-state index contributed by atoms with van der Waals surface area (Å²) in [4.78, 5) is 47.9. The monoisotopic (exact) mass is 438 g/mol. The number of imidazole rings is 1. The molecule has 9 nitrogen and oxygen atoms in total. The van der Waals surface area contributed by atoms with E-state index in [2.05, 4.69) is 33.9 Å². The van der Waals surface area contributed by atoms with Crippen LogP contribution in [-0.4, -0.2) is 69.3 Å². The lowest BCUT2D eigenvalue weighted by atomic mass is 10.0. The third kappa shape index (κ3) is 3.92. The second-order valence-electron chi connectivity index (χ2n) is 8.48. The highest BCUT2D eigenvalue weighted by atomic mass is 16.3. The average Bonchev–Trinajstić information content (AvgIpc) is 3.25. The van der Waals surface area contributed by atoms with Gasteiger partial charge in [-0.05, 0) is 37.5 Å². The number of nitroso groups, excluding NO2 is 1. The first-order valence-corrected chi connectivity index (χ1v) is 11.3. The van der Waals surface area contributed by atoms with E-state index in [1.54, 1.807) is 12.3 Å². The number of piperazine rings is 1. The molecule has 3 heterocycles. The number of fused-ring (bicyclic) bond motifs is 3. The van der Waals surface area contributed by atoms with Crippen LogP contribution >= 0.6 is 0 Å². The van der Waals surface area contributed by atoms with Crippen LogP contribution in [0.4, 0.5) is 0 Å². The quantitative estimate of drug-likeness (QED) is 0.571. The normalized spacial score (nSPS) is 15.2. The van der Waals surface area contributed by atoms with Crippen molar-refractivity contribution in [2.45, 2.75) is 39.5 Å². The largest absolute Gasteiger partial charge is 0.336 e. The molecule has 0 bridgehead atoms. The van der Waals surface area contributed by atoms with Gasteiger partial charge >= 0.3 is 0 Å². The zero-order valence-corrected chi connectivity index (χ0v) is 18.9. The maximum Gasteiger partial charge on any atom is 0.274 e. The van der Waals surface area contributed by atoms with Gasteiger partial charge in [-0.2, -0.15) is 4.91 Å². The van der Waals surface area contributed by atoms with Crippen LogP contribution in [0, 0.1) is 11.8 Å². The molecule has 1 aromatic carbocycles. The molecule has 3 aromatic rings. The minimum Gasteiger partial charge on any atom is -0.336 e. The zero-order chi connectivity index (χ0) is 22.8. The molecule has 1 saturated heterocycles. The van der Waals surface area contributed by atoms with Gasteiger partial charge in [0.1, 0.15) is 11.3 Å². The number of nitrogens with one attached hydrogen (secondary N) is 1. The Morgan fingerprint density at radius 2 is 1.88 bits per heavy atom. The summed E-state index contributed by atoms with van der Waals surface area (Å²) in [5, 5.41) is 2.92. The van der Waals surface area contributed by atoms with E-state index in [0.29, 0.717) is 36.2 Å². The minimum absolute atomic E-state index is 0.0376. The molecule has 1 aliphatic rings. The molecule has 0 unspecified atom stereocenters. The van der Waals surface area contributed by atoms with Crippen molar-refractivity contribution in [2.24, 2.45) is 5.18 Å². The third-order valence-corrected chi connectivity index (χ3v) is 6.60. The molecule has 32 heavy (non-hydrogen) atoms. The molecule has 9 heteroatoms. The molecule has 4 rings (SSSR count). The van der Waals surface area contributed by atoms with Crippen LogP contribution in [0.3, 0.4) is 0 Å². The Balaban J connectivity index is 1.70. The number of carbonyl (C=O) groups excluding carboxylic acids is 1. The molecular formula is C23H30N6O3. The molecule has 0 aliphatic carbocycles. The summed E-state index contributed by atoms with van der Waals surface area (Å²) < 4.78 is 1.95. The highest BCUT2D eigenvalue weighted by Gasteiger charge is 2.24. The molecule has 1 aliphatic heterocycles. The van der Waals surface area contributed by atoms with Gasteiger partial charge in [-0.25, -0.2) is 4.98 Å². The van der Waals surface area contributed by atoms with Gasteiger partial charge < -0.3 is 9.88 Å². The van der Waals surface area contributed by atoms with Gasteiger partial charge in [0.05, 0.1) is 23.8 Å². The third-order valence-electron chi connectivity index (χ3n) is 6.60. The Bertz CT molecular complexity index is 1200. The van der Waals surface area contributed by atoms with Crippen LogP contribution in [0.15, 0.2) is 28.3 Å². The summed E-state index contributed by atoms with van der Waals surface area (Å²) in [5.41, 5.74) is 3.28. The Hall–Kier alpha value is -3.07. The molecule has 170 valence electrons. The number of aromatic nitrogens is 3. The van der Waals surface area contributed by atoms with E-state index >= 15 is 0 Å². The lowest BCUT2D eigenvalue weighted by molar-refractivity contribution is 0.0640. The van der Waals surface area contributed by atoms with E-state index in [0.717, 1.165) is 42.8 Å².